The predicted molar refractivity (Wildman–Crippen MR) is 88.2 cm³/mol. The molecule has 0 saturated carbocycles. The van der Waals surface area contributed by atoms with Gasteiger partial charge in [0, 0.05) is 5.69 Å². The number of nitrogens with one attached hydrogen (secondary N) is 1. The fraction of sp³-hybridized carbons (Fsp3) is 0.278. The zero-order valence-corrected chi connectivity index (χ0v) is 13.7. The van der Waals surface area contributed by atoms with Crippen molar-refractivity contribution in [1.82, 2.24) is 0 Å². The summed E-state index contributed by atoms with van der Waals surface area (Å²) < 4.78 is 60.2. The van der Waals surface area contributed by atoms with Crippen molar-refractivity contribution in [3.8, 4) is 0 Å². The number of alkyl halides is 4. The minimum absolute atomic E-state index is 0.0544. The van der Waals surface area contributed by atoms with E-state index in [4.69, 9.17) is 9.47 Å². The summed E-state index contributed by atoms with van der Waals surface area (Å²) in [5, 5.41) is 2.79. The molecule has 4 nitrogen and oxygen atoms in total. The Labute approximate surface area is 147 Å². The molecule has 0 aliphatic rings. The monoisotopic (exact) mass is 371 g/mol. The Morgan fingerprint density at radius 2 is 1.77 bits per heavy atom. The number of carbonyl (C=O) groups is 1. The molecule has 0 saturated heterocycles. The molecule has 0 aliphatic carbocycles. The van der Waals surface area contributed by atoms with Crippen LogP contribution in [0.1, 0.15) is 15.9 Å². The summed E-state index contributed by atoms with van der Waals surface area (Å²) in [6, 6.07) is 10.9. The molecule has 0 amide bonds. The van der Waals surface area contributed by atoms with Crippen LogP contribution in [-0.4, -0.2) is 32.5 Å². The standard InChI is InChI=1S/C18H17F4NO3/c19-8-9-25-10-11-26-17(24)15-6-1-2-7-16(15)23-14-5-3-4-13(12-14)18(20,21)22/h1-7,12,23H,8-11H2. The molecule has 0 atom stereocenters. The van der Waals surface area contributed by atoms with Gasteiger partial charge >= 0.3 is 12.1 Å². The van der Waals surface area contributed by atoms with Crippen LogP contribution in [0, 0.1) is 0 Å². The second-order valence-electron chi connectivity index (χ2n) is 5.19. The molecule has 0 aromatic heterocycles. The number of anilines is 2. The minimum Gasteiger partial charge on any atom is -0.460 e. The molecule has 26 heavy (non-hydrogen) atoms. The normalized spacial score (nSPS) is 11.2. The first-order valence-electron chi connectivity index (χ1n) is 7.76. The van der Waals surface area contributed by atoms with Gasteiger partial charge in [0.1, 0.15) is 13.3 Å². The van der Waals surface area contributed by atoms with Gasteiger partial charge in [-0.1, -0.05) is 18.2 Å². The topological polar surface area (TPSA) is 47.6 Å². The highest BCUT2D eigenvalue weighted by Gasteiger charge is 2.30. The van der Waals surface area contributed by atoms with Crippen molar-refractivity contribution in [3.05, 3.63) is 59.7 Å². The molecular weight excluding hydrogens is 354 g/mol. The van der Waals surface area contributed by atoms with Gasteiger partial charge in [0.25, 0.3) is 0 Å². The van der Waals surface area contributed by atoms with E-state index in [1.807, 2.05) is 0 Å². The van der Waals surface area contributed by atoms with Crippen LogP contribution in [0.15, 0.2) is 48.5 Å². The van der Waals surface area contributed by atoms with Crippen LogP contribution in [0.3, 0.4) is 0 Å². The minimum atomic E-state index is -4.46. The van der Waals surface area contributed by atoms with E-state index in [2.05, 4.69) is 5.32 Å². The number of halogens is 4. The smallest absolute Gasteiger partial charge is 0.416 e. The van der Waals surface area contributed by atoms with Gasteiger partial charge in [-0.15, -0.1) is 0 Å². The lowest BCUT2D eigenvalue weighted by molar-refractivity contribution is -0.137. The second-order valence-corrected chi connectivity index (χ2v) is 5.19. The highest BCUT2D eigenvalue weighted by Crippen LogP contribution is 2.31. The Morgan fingerprint density at radius 1 is 1.00 bits per heavy atom. The third-order valence-corrected chi connectivity index (χ3v) is 3.30. The fourth-order valence-corrected chi connectivity index (χ4v) is 2.13. The van der Waals surface area contributed by atoms with Crippen LogP contribution in [-0.2, 0) is 15.7 Å². The lowest BCUT2D eigenvalue weighted by Gasteiger charge is -2.13. The first-order valence-corrected chi connectivity index (χ1v) is 7.76. The quantitative estimate of drug-likeness (QED) is 0.419. The molecule has 2 rings (SSSR count). The molecule has 0 bridgehead atoms. The molecule has 0 spiro atoms. The molecular formula is C18H17F4NO3. The van der Waals surface area contributed by atoms with E-state index < -0.39 is 24.4 Å². The highest BCUT2D eigenvalue weighted by molar-refractivity contribution is 5.96. The van der Waals surface area contributed by atoms with Crippen LogP contribution in [0.5, 0.6) is 0 Å². The van der Waals surface area contributed by atoms with Crippen molar-refractivity contribution < 1.29 is 31.8 Å². The lowest BCUT2D eigenvalue weighted by atomic mass is 10.1. The number of para-hydroxylation sites is 1. The Kier molecular flexibility index (Phi) is 6.97. The van der Waals surface area contributed by atoms with E-state index in [0.717, 1.165) is 12.1 Å². The molecule has 0 aliphatic heterocycles. The molecule has 0 heterocycles. The number of ether oxygens (including phenoxy) is 2. The van der Waals surface area contributed by atoms with Gasteiger partial charge in [0.05, 0.1) is 30.0 Å². The molecule has 1 N–H and O–H groups in total. The lowest BCUT2D eigenvalue weighted by Crippen LogP contribution is -2.13. The van der Waals surface area contributed by atoms with Crippen molar-refractivity contribution in [2.75, 3.05) is 31.8 Å². The maximum atomic E-state index is 12.8. The second kappa shape index (κ2) is 9.19. The van der Waals surface area contributed by atoms with Crippen molar-refractivity contribution in [2.45, 2.75) is 6.18 Å². The summed E-state index contributed by atoms with van der Waals surface area (Å²) in [5.74, 6) is -0.663. The SMILES string of the molecule is O=C(OCCOCCF)c1ccccc1Nc1cccc(C(F)(F)F)c1. The third-order valence-electron chi connectivity index (χ3n) is 3.30. The first-order chi connectivity index (χ1) is 12.4. The number of hydrogen-bond donors (Lipinski definition) is 1. The average Bonchev–Trinajstić information content (AvgIpc) is 2.61. The number of rotatable bonds is 8. The van der Waals surface area contributed by atoms with Crippen LogP contribution in [0.25, 0.3) is 0 Å². The summed E-state index contributed by atoms with van der Waals surface area (Å²) >= 11 is 0. The molecule has 2 aromatic rings. The summed E-state index contributed by atoms with van der Waals surface area (Å²) in [4.78, 5) is 12.1. The van der Waals surface area contributed by atoms with E-state index in [1.54, 1.807) is 18.2 Å². The van der Waals surface area contributed by atoms with E-state index >= 15 is 0 Å². The van der Waals surface area contributed by atoms with E-state index in [0.29, 0.717) is 5.69 Å². The third kappa shape index (κ3) is 5.73. The average molecular weight is 371 g/mol. The molecule has 140 valence electrons. The van der Waals surface area contributed by atoms with Gasteiger partial charge in [-0.25, -0.2) is 9.18 Å². The van der Waals surface area contributed by atoms with Crippen LogP contribution < -0.4 is 5.32 Å². The Bertz CT molecular complexity index is 734. The zero-order valence-electron chi connectivity index (χ0n) is 13.7. The molecule has 0 fully saturated rings. The highest BCUT2D eigenvalue weighted by atomic mass is 19.4. The van der Waals surface area contributed by atoms with Crippen LogP contribution >= 0.6 is 0 Å². The maximum absolute atomic E-state index is 12.8. The van der Waals surface area contributed by atoms with E-state index in [1.165, 1.54) is 18.2 Å². The van der Waals surface area contributed by atoms with E-state index in [-0.39, 0.29) is 31.1 Å². The van der Waals surface area contributed by atoms with Gasteiger partial charge in [0.2, 0.25) is 0 Å². The van der Waals surface area contributed by atoms with Crippen molar-refractivity contribution in [1.29, 1.82) is 0 Å². The number of carbonyl (C=O) groups excluding carboxylic acids is 1. The number of hydrogen-bond acceptors (Lipinski definition) is 4. The van der Waals surface area contributed by atoms with Crippen molar-refractivity contribution in [2.24, 2.45) is 0 Å². The summed E-state index contributed by atoms with van der Waals surface area (Å²) in [6.07, 6.45) is -4.46. The van der Waals surface area contributed by atoms with Crippen molar-refractivity contribution >= 4 is 17.3 Å². The van der Waals surface area contributed by atoms with Gasteiger partial charge in [-0.05, 0) is 30.3 Å². The zero-order chi connectivity index (χ0) is 19.0. The number of benzene rings is 2. The van der Waals surface area contributed by atoms with Gasteiger partial charge in [-0.3, -0.25) is 0 Å². The molecule has 8 heteroatoms. The summed E-state index contributed by atoms with van der Waals surface area (Å²) in [7, 11) is 0. The molecule has 0 unspecified atom stereocenters. The van der Waals surface area contributed by atoms with Gasteiger partial charge < -0.3 is 14.8 Å². The maximum Gasteiger partial charge on any atom is 0.416 e. The number of esters is 1. The molecule has 2 aromatic carbocycles. The van der Waals surface area contributed by atoms with Gasteiger partial charge in [0.15, 0.2) is 0 Å². The largest absolute Gasteiger partial charge is 0.460 e. The summed E-state index contributed by atoms with van der Waals surface area (Å²) in [5.41, 5.74) is -0.143. The van der Waals surface area contributed by atoms with E-state index in [9.17, 15) is 22.4 Å². The Hall–Kier alpha value is -2.61. The Morgan fingerprint density at radius 3 is 2.50 bits per heavy atom. The Balaban J connectivity index is 2.08. The van der Waals surface area contributed by atoms with Crippen LogP contribution in [0.2, 0.25) is 0 Å². The summed E-state index contributed by atoms with van der Waals surface area (Å²) in [6.45, 7) is -0.710. The van der Waals surface area contributed by atoms with Crippen LogP contribution in [0.4, 0.5) is 28.9 Å². The van der Waals surface area contributed by atoms with Gasteiger partial charge in [-0.2, -0.15) is 13.2 Å². The predicted octanol–water partition coefficient (Wildman–Crippen LogP) is 4.59. The fourth-order valence-electron chi connectivity index (χ4n) is 2.13. The first kappa shape index (κ1) is 19.7. The molecule has 0 radical (unpaired) electrons. The van der Waals surface area contributed by atoms with Crippen molar-refractivity contribution in [3.63, 3.8) is 0 Å².